The van der Waals surface area contributed by atoms with E-state index >= 15 is 0 Å². The fourth-order valence-electron chi connectivity index (χ4n) is 7.46. The number of carbonyl (C=O) groups is 3. The molecule has 1 atom stereocenters. The van der Waals surface area contributed by atoms with Gasteiger partial charge >= 0.3 is 17.9 Å². The molecule has 0 saturated heterocycles. The van der Waals surface area contributed by atoms with E-state index in [1.54, 1.807) is 0 Å². The Morgan fingerprint density at radius 1 is 0.339 bits per heavy atom. The molecule has 0 aliphatic heterocycles. The van der Waals surface area contributed by atoms with E-state index in [2.05, 4.69) is 34.6 Å². The van der Waals surface area contributed by atoms with Gasteiger partial charge in [0, 0.05) is 19.3 Å². The van der Waals surface area contributed by atoms with Gasteiger partial charge in [0.2, 0.25) is 0 Å². The van der Waals surface area contributed by atoms with Crippen LogP contribution >= 0.6 is 0 Å². The van der Waals surface area contributed by atoms with Crippen molar-refractivity contribution >= 4 is 17.9 Å². The van der Waals surface area contributed by atoms with E-state index in [0.29, 0.717) is 19.3 Å². The number of carbonyl (C=O) groups excluding carboxylic acids is 3. The van der Waals surface area contributed by atoms with E-state index in [1.165, 1.54) is 154 Å². The van der Waals surface area contributed by atoms with Crippen LogP contribution in [0.3, 0.4) is 0 Å². The zero-order valence-electron chi connectivity index (χ0n) is 38.3. The van der Waals surface area contributed by atoms with Gasteiger partial charge in [0.15, 0.2) is 6.10 Å². The number of esters is 3. The fourth-order valence-corrected chi connectivity index (χ4v) is 7.46. The monoisotopic (exact) mass is 793 g/mol. The van der Waals surface area contributed by atoms with Crippen molar-refractivity contribution in [1.82, 2.24) is 0 Å². The van der Waals surface area contributed by atoms with Crippen molar-refractivity contribution in [3.05, 3.63) is 0 Å². The van der Waals surface area contributed by atoms with Gasteiger partial charge in [0.05, 0.1) is 0 Å². The lowest BCUT2D eigenvalue weighted by Crippen LogP contribution is -2.30. The smallest absolute Gasteiger partial charge is 0.306 e. The van der Waals surface area contributed by atoms with Gasteiger partial charge in [-0.3, -0.25) is 14.4 Å². The Hall–Kier alpha value is -1.59. The number of hydrogen-bond acceptors (Lipinski definition) is 6. The number of unbranched alkanes of at least 4 members (excludes halogenated alkanes) is 29. The zero-order valence-corrected chi connectivity index (χ0v) is 38.3. The molecular weight excluding hydrogens is 697 g/mol. The van der Waals surface area contributed by atoms with E-state index in [4.69, 9.17) is 14.2 Å². The molecule has 0 amide bonds. The fraction of sp³-hybridized carbons (Fsp3) is 0.940. The summed E-state index contributed by atoms with van der Waals surface area (Å²) in [5, 5.41) is 0. The summed E-state index contributed by atoms with van der Waals surface area (Å²) in [5.41, 5.74) is 0. The highest BCUT2D eigenvalue weighted by Crippen LogP contribution is 2.17. The third-order valence-corrected chi connectivity index (χ3v) is 11.2. The standard InChI is InChI=1S/C50H96O6/c1-6-7-8-28-37-42-50(53)56-47(44-55-49(52)41-36-32-27-23-19-15-17-21-25-30-34-39-46(4)5)43-54-48(51)40-35-31-26-22-18-14-12-10-9-11-13-16-20-24-29-33-38-45(2)3/h45-47H,6-44H2,1-5H3/t47-/m1/s1. The van der Waals surface area contributed by atoms with Crippen LogP contribution in [0.25, 0.3) is 0 Å². The highest BCUT2D eigenvalue weighted by Gasteiger charge is 2.19. The van der Waals surface area contributed by atoms with Crippen molar-refractivity contribution in [3.63, 3.8) is 0 Å². The lowest BCUT2D eigenvalue weighted by atomic mass is 10.0. The molecule has 0 aliphatic rings. The van der Waals surface area contributed by atoms with Gasteiger partial charge in [-0.25, -0.2) is 0 Å². The molecule has 0 aliphatic carbocycles. The van der Waals surface area contributed by atoms with E-state index in [9.17, 15) is 14.4 Å². The molecule has 0 aromatic heterocycles. The largest absolute Gasteiger partial charge is 0.462 e. The van der Waals surface area contributed by atoms with Crippen LogP contribution < -0.4 is 0 Å². The number of ether oxygens (including phenoxy) is 3. The van der Waals surface area contributed by atoms with Gasteiger partial charge < -0.3 is 14.2 Å². The second-order valence-corrected chi connectivity index (χ2v) is 18.1. The van der Waals surface area contributed by atoms with Crippen molar-refractivity contribution in [2.45, 2.75) is 278 Å². The Morgan fingerprint density at radius 2 is 0.589 bits per heavy atom. The summed E-state index contributed by atoms with van der Waals surface area (Å²) in [4.78, 5) is 37.6. The Kier molecular flexibility index (Phi) is 41.8. The molecule has 0 bridgehead atoms. The van der Waals surface area contributed by atoms with Crippen molar-refractivity contribution < 1.29 is 28.6 Å². The molecule has 0 heterocycles. The highest BCUT2D eigenvalue weighted by molar-refractivity contribution is 5.71. The summed E-state index contributed by atoms with van der Waals surface area (Å²) < 4.78 is 16.6. The van der Waals surface area contributed by atoms with Gasteiger partial charge in [-0.15, -0.1) is 0 Å². The van der Waals surface area contributed by atoms with Crippen LogP contribution in [0.5, 0.6) is 0 Å². The second-order valence-electron chi connectivity index (χ2n) is 18.1. The molecule has 0 unspecified atom stereocenters. The van der Waals surface area contributed by atoms with Gasteiger partial charge in [0.1, 0.15) is 13.2 Å². The first kappa shape index (κ1) is 54.4. The number of hydrogen-bond donors (Lipinski definition) is 0. The normalized spacial score (nSPS) is 12.1. The Labute approximate surface area is 348 Å². The first-order valence-electron chi connectivity index (χ1n) is 24.7. The van der Waals surface area contributed by atoms with Crippen molar-refractivity contribution in [2.24, 2.45) is 11.8 Å². The Bertz CT molecular complexity index is 854. The van der Waals surface area contributed by atoms with Gasteiger partial charge in [-0.05, 0) is 31.1 Å². The summed E-state index contributed by atoms with van der Waals surface area (Å²) in [7, 11) is 0. The molecule has 0 fully saturated rings. The molecule has 0 radical (unpaired) electrons. The minimum atomic E-state index is -0.759. The molecule has 0 saturated carbocycles. The maximum atomic E-state index is 12.6. The second kappa shape index (κ2) is 43.0. The lowest BCUT2D eigenvalue weighted by molar-refractivity contribution is -0.167. The van der Waals surface area contributed by atoms with Crippen LogP contribution in [-0.2, 0) is 28.6 Å². The van der Waals surface area contributed by atoms with Crippen LogP contribution in [0.4, 0.5) is 0 Å². The quantitative estimate of drug-likeness (QED) is 0.0347. The van der Waals surface area contributed by atoms with E-state index in [0.717, 1.165) is 76.0 Å². The zero-order chi connectivity index (χ0) is 41.2. The minimum absolute atomic E-state index is 0.0654. The van der Waals surface area contributed by atoms with Crippen LogP contribution in [0.1, 0.15) is 272 Å². The molecule has 332 valence electrons. The van der Waals surface area contributed by atoms with Gasteiger partial charge in [-0.2, -0.15) is 0 Å². The average Bonchev–Trinajstić information content (AvgIpc) is 3.16. The summed E-state index contributed by atoms with van der Waals surface area (Å²) >= 11 is 0. The van der Waals surface area contributed by atoms with Crippen LogP contribution in [0, 0.1) is 11.8 Å². The van der Waals surface area contributed by atoms with Crippen LogP contribution in [-0.4, -0.2) is 37.2 Å². The minimum Gasteiger partial charge on any atom is -0.462 e. The SMILES string of the molecule is CCCCCCCC(=O)O[C@H](COC(=O)CCCCCCCCCCCCCCCCCCC(C)C)COC(=O)CCCCCCCCCCCCCC(C)C. The third kappa shape index (κ3) is 43.5. The molecular formula is C50H96O6. The van der Waals surface area contributed by atoms with Crippen molar-refractivity contribution in [1.29, 1.82) is 0 Å². The van der Waals surface area contributed by atoms with Gasteiger partial charge in [0.25, 0.3) is 0 Å². The summed E-state index contributed by atoms with van der Waals surface area (Å²) in [5.74, 6) is 0.814. The van der Waals surface area contributed by atoms with Crippen molar-refractivity contribution in [3.8, 4) is 0 Å². The average molecular weight is 793 g/mol. The first-order valence-corrected chi connectivity index (χ1v) is 24.7. The van der Waals surface area contributed by atoms with E-state index in [1.807, 2.05) is 0 Å². The molecule has 0 N–H and O–H groups in total. The third-order valence-electron chi connectivity index (χ3n) is 11.2. The summed E-state index contributed by atoms with van der Waals surface area (Å²) in [6, 6.07) is 0. The maximum absolute atomic E-state index is 12.6. The van der Waals surface area contributed by atoms with Crippen LogP contribution in [0.2, 0.25) is 0 Å². The molecule has 6 nitrogen and oxygen atoms in total. The molecule has 6 heteroatoms. The van der Waals surface area contributed by atoms with Crippen LogP contribution in [0.15, 0.2) is 0 Å². The van der Waals surface area contributed by atoms with E-state index in [-0.39, 0.29) is 31.1 Å². The topological polar surface area (TPSA) is 78.9 Å². The first-order chi connectivity index (χ1) is 27.2. The lowest BCUT2D eigenvalue weighted by Gasteiger charge is -2.18. The molecule has 56 heavy (non-hydrogen) atoms. The molecule has 0 spiro atoms. The maximum Gasteiger partial charge on any atom is 0.306 e. The number of rotatable bonds is 44. The van der Waals surface area contributed by atoms with Crippen molar-refractivity contribution in [2.75, 3.05) is 13.2 Å². The summed E-state index contributed by atoms with van der Waals surface area (Å²) in [6.45, 7) is 11.3. The highest BCUT2D eigenvalue weighted by atomic mass is 16.6. The molecule has 0 rings (SSSR count). The predicted octanol–water partition coefficient (Wildman–Crippen LogP) is 15.8. The predicted molar refractivity (Wildman–Crippen MR) is 238 cm³/mol. The summed E-state index contributed by atoms with van der Waals surface area (Å²) in [6.07, 6.45) is 42.7. The Balaban J connectivity index is 4.06. The van der Waals surface area contributed by atoms with E-state index < -0.39 is 6.10 Å². The van der Waals surface area contributed by atoms with Gasteiger partial charge in [-0.1, -0.05) is 234 Å². The Morgan fingerprint density at radius 3 is 0.875 bits per heavy atom. The molecule has 0 aromatic carbocycles. The molecule has 0 aromatic rings.